The average Bonchev–Trinajstić information content (AvgIpc) is 3.27. The van der Waals surface area contributed by atoms with Crippen molar-refractivity contribution in [3.63, 3.8) is 0 Å². The number of amides is 1. The van der Waals surface area contributed by atoms with Gasteiger partial charge in [-0.1, -0.05) is 33.6 Å². The Bertz CT molecular complexity index is 813. The second-order valence-corrected chi connectivity index (χ2v) is 9.02. The van der Waals surface area contributed by atoms with E-state index in [4.69, 9.17) is 0 Å². The van der Waals surface area contributed by atoms with Crippen LogP contribution in [0.3, 0.4) is 0 Å². The lowest BCUT2D eigenvalue weighted by atomic mass is 9.94. The van der Waals surface area contributed by atoms with E-state index in [2.05, 4.69) is 55.1 Å². The van der Waals surface area contributed by atoms with E-state index in [1.165, 1.54) is 34.0 Å². The van der Waals surface area contributed by atoms with Gasteiger partial charge < -0.3 is 5.32 Å². The molecule has 0 saturated carbocycles. The number of piperidine rings is 1. The molecule has 142 valence electrons. The zero-order chi connectivity index (χ0) is 18.8. The minimum Gasteiger partial charge on any atom is -0.352 e. The van der Waals surface area contributed by atoms with Gasteiger partial charge in [0.05, 0.1) is 0 Å². The number of nitrogens with one attached hydrogen (secondary N) is 1. The second-order valence-electron chi connectivity index (χ2n) is 7.45. The van der Waals surface area contributed by atoms with Crippen LogP contribution in [0.15, 0.2) is 46.7 Å². The highest BCUT2D eigenvalue weighted by Crippen LogP contribution is 2.43. The number of halogens is 1. The summed E-state index contributed by atoms with van der Waals surface area (Å²) in [7, 11) is 0. The topological polar surface area (TPSA) is 32.3 Å². The minimum atomic E-state index is -0.00684. The van der Waals surface area contributed by atoms with E-state index in [9.17, 15) is 4.79 Å². The number of thiophene rings is 1. The van der Waals surface area contributed by atoms with Gasteiger partial charge in [-0.2, -0.15) is 11.3 Å². The van der Waals surface area contributed by atoms with E-state index in [-0.39, 0.29) is 5.91 Å². The summed E-state index contributed by atoms with van der Waals surface area (Å²) in [6.07, 6.45) is 4.88. The Kier molecular flexibility index (Phi) is 5.81. The molecule has 2 aliphatic heterocycles. The van der Waals surface area contributed by atoms with Crippen LogP contribution in [0.2, 0.25) is 0 Å². The lowest BCUT2D eigenvalue weighted by Gasteiger charge is -2.36. The third-order valence-corrected chi connectivity index (χ3v) is 7.48. The van der Waals surface area contributed by atoms with Gasteiger partial charge in [0.25, 0.3) is 5.91 Å². The number of fused-ring (bicyclic) bond motifs is 2. The maximum Gasteiger partial charge on any atom is 0.251 e. The summed E-state index contributed by atoms with van der Waals surface area (Å²) in [5, 5.41) is 7.30. The molecular weight excluding hydrogens is 420 g/mol. The van der Waals surface area contributed by atoms with Crippen molar-refractivity contribution < 1.29 is 4.79 Å². The van der Waals surface area contributed by atoms with Gasteiger partial charge in [-0.3, -0.25) is 9.69 Å². The van der Waals surface area contributed by atoms with Crippen molar-refractivity contribution in [1.29, 1.82) is 0 Å². The fourth-order valence-corrected chi connectivity index (χ4v) is 5.62. The second kappa shape index (κ2) is 8.29. The smallest absolute Gasteiger partial charge is 0.251 e. The molecule has 2 bridgehead atoms. The molecule has 0 aliphatic carbocycles. The first-order valence-electron chi connectivity index (χ1n) is 9.68. The van der Waals surface area contributed by atoms with Crippen LogP contribution in [-0.4, -0.2) is 29.4 Å². The maximum atomic E-state index is 11.9. The molecule has 5 heteroatoms. The number of benzene rings is 1. The van der Waals surface area contributed by atoms with E-state index in [1.54, 1.807) is 11.3 Å². The molecule has 1 amide bonds. The summed E-state index contributed by atoms with van der Waals surface area (Å²) >= 11 is 5.65. The van der Waals surface area contributed by atoms with Gasteiger partial charge in [-0.05, 0) is 72.7 Å². The van der Waals surface area contributed by atoms with Crippen molar-refractivity contribution >= 4 is 37.7 Å². The molecule has 2 aliphatic rings. The third-order valence-electron chi connectivity index (χ3n) is 5.73. The van der Waals surface area contributed by atoms with Gasteiger partial charge in [-0.25, -0.2) is 0 Å². The monoisotopic (exact) mass is 444 g/mol. The number of carbonyl (C=O) groups is 1. The molecule has 4 rings (SSSR count). The zero-order valence-electron chi connectivity index (χ0n) is 15.6. The van der Waals surface area contributed by atoms with E-state index < -0.39 is 0 Å². The van der Waals surface area contributed by atoms with Gasteiger partial charge in [0, 0.05) is 35.2 Å². The molecule has 2 fully saturated rings. The molecule has 1 aromatic carbocycles. The van der Waals surface area contributed by atoms with Crippen molar-refractivity contribution in [2.75, 3.05) is 6.54 Å². The van der Waals surface area contributed by atoms with Crippen molar-refractivity contribution in [2.24, 2.45) is 0 Å². The molecular formula is C22H25BrN2OS. The predicted octanol–water partition coefficient (Wildman–Crippen LogP) is 5.43. The Morgan fingerprint density at radius 1 is 1.15 bits per heavy atom. The Hall–Kier alpha value is -1.43. The molecule has 2 aromatic rings. The van der Waals surface area contributed by atoms with Crippen molar-refractivity contribution in [2.45, 2.75) is 51.2 Å². The van der Waals surface area contributed by atoms with Crippen LogP contribution in [0.4, 0.5) is 0 Å². The van der Waals surface area contributed by atoms with Crippen molar-refractivity contribution in [3.05, 3.63) is 63.4 Å². The highest BCUT2D eigenvalue weighted by atomic mass is 79.9. The summed E-state index contributed by atoms with van der Waals surface area (Å²) < 4.78 is 1.22. The molecule has 27 heavy (non-hydrogen) atoms. The summed E-state index contributed by atoms with van der Waals surface area (Å²) in [6.45, 7) is 3.68. The average molecular weight is 445 g/mol. The van der Waals surface area contributed by atoms with Crippen molar-refractivity contribution in [1.82, 2.24) is 10.2 Å². The van der Waals surface area contributed by atoms with Crippen LogP contribution < -0.4 is 5.32 Å². The maximum absolute atomic E-state index is 11.9. The third kappa shape index (κ3) is 4.05. The zero-order valence-corrected chi connectivity index (χ0v) is 18.0. The predicted molar refractivity (Wildman–Crippen MR) is 116 cm³/mol. The lowest BCUT2D eigenvalue weighted by Crippen LogP contribution is -2.39. The summed E-state index contributed by atoms with van der Waals surface area (Å²) in [4.78, 5) is 14.7. The molecule has 1 aromatic heterocycles. The van der Waals surface area contributed by atoms with Crippen LogP contribution in [-0.2, 0) is 6.54 Å². The Balaban J connectivity index is 1.49. The van der Waals surface area contributed by atoms with Crippen LogP contribution in [0.25, 0.3) is 4.48 Å². The quantitative estimate of drug-likeness (QED) is 0.666. The van der Waals surface area contributed by atoms with Gasteiger partial charge in [0.2, 0.25) is 0 Å². The van der Waals surface area contributed by atoms with E-state index in [0.717, 1.165) is 24.9 Å². The van der Waals surface area contributed by atoms with Crippen LogP contribution in [0, 0.1) is 0 Å². The summed E-state index contributed by atoms with van der Waals surface area (Å²) in [5.74, 6) is -0.00684. The molecule has 2 saturated heterocycles. The molecule has 0 spiro atoms. The highest BCUT2D eigenvalue weighted by Gasteiger charge is 2.39. The summed E-state index contributed by atoms with van der Waals surface area (Å²) in [6, 6.07) is 11.5. The van der Waals surface area contributed by atoms with E-state index in [1.807, 2.05) is 19.1 Å². The van der Waals surface area contributed by atoms with Gasteiger partial charge in [0.15, 0.2) is 0 Å². The number of nitrogens with zero attached hydrogens (tertiary/aromatic N) is 1. The van der Waals surface area contributed by atoms with E-state index in [0.29, 0.717) is 18.6 Å². The molecule has 1 N–H and O–H groups in total. The largest absolute Gasteiger partial charge is 0.352 e. The fourth-order valence-electron chi connectivity index (χ4n) is 4.37. The van der Waals surface area contributed by atoms with Crippen LogP contribution >= 0.6 is 27.3 Å². The number of carbonyl (C=O) groups excluding carboxylic acids is 1. The first-order valence-corrected chi connectivity index (χ1v) is 11.4. The van der Waals surface area contributed by atoms with Gasteiger partial charge in [0.1, 0.15) is 0 Å². The SMILES string of the molecule is CCNC(=O)c1ccc(C(Br)=C2CC3CCC(C2)N3Cc2ccsc2)cc1. The number of rotatable bonds is 5. The van der Waals surface area contributed by atoms with Gasteiger partial charge >= 0.3 is 0 Å². The lowest BCUT2D eigenvalue weighted by molar-refractivity contribution is 0.0956. The highest BCUT2D eigenvalue weighted by molar-refractivity contribution is 9.15. The van der Waals surface area contributed by atoms with Crippen LogP contribution in [0.1, 0.15) is 54.1 Å². The van der Waals surface area contributed by atoms with Gasteiger partial charge in [-0.15, -0.1) is 0 Å². The first kappa shape index (κ1) is 18.9. The standard InChI is InChI=1S/C22H25BrN2OS/c1-2-24-22(26)17-5-3-16(4-6-17)21(23)18-11-19-7-8-20(12-18)25(19)13-15-9-10-27-14-15/h3-6,9-10,14,19-20H,2,7-8,11-13H2,1H3,(H,24,26). The Morgan fingerprint density at radius 2 is 1.81 bits per heavy atom. The Morgan fingerprint density at radius 3 is 2.41 bits per heavy atom. The molecule has 2 unspecified atom stereocenters. The normalized spacial score (nSPS) is 22.1. The molecule has 3 nitrogen and oxygen atoms in total. The molecule has 2 atom stereocenters. The molecule has 0 radical (unpaired) electrons. The number of hydrogen-bond acceptors (Lipinski definition) is 3. The van der Waals surface area contributed by atoms with Crippen LogP contribution in [0.5, 0.6) is 0 Å². The number of hydrogen-bond donors (Lipinski definition) is 1. The first-order chi connectivity index (χ1) is 13.2. The molecule has 3 heterocycles. The Labute approximate surface area is 173 Å². The fraction of sp³-hybridized carbons (Fsp3) is 0.409. The minimum absolute atomic E-state index is 0.00684. The van der Waals surface area contributed by atoms with Crippen molar-refractivity contribution in [3.8, 4) is 0 Å². The van der Waals surface area contributed by atoms with E-state index >= 15 is 0 Å². The summed E-state index contributed by atoms with van der Waals surface area (Å²) in [5.41, 5.74) is 4.86.